The molecule has 1 aliphatic rings. The Morgan fingerprint density at radius 3 is 2.63 bits per heavy atom. The Bertz CT molecular complexity index is 842. The summed E-state index contributed by atoms with van der Waals surface area (Å²) in [6, 6.07) is 12.2. The molecule has 0 radical (unpaired) electrons. The summed E-state index contributed by atoms with van der Waals surface area (Å²) in [6.45, 7) is 1.85. The second-order valence-electron chi connectivity index (χ2n) is 6.20. The maximum absolute atomic E-state index is 12.7. The highest BCUT2D eigenvalue weighted by Gasteiger charge is 2.25. The molecule has 0 atom stereocenters. The van der Waals surface area contributed by atoms with Gasteiger partial charge in [0.1, 0.15) is 0 Å². The van der Waals surface area contributed by atoms with Gasteiger partial charge in [0.2, 0.25) is 0 Å². The fraction of sp³-hybridized carbons (Fsp3) is 0.263. The second-order valence-corrected chi connectivity index (χ2v) is 7.07. The number of benzene rings is 2. The molecule has 0 aliphatic carbocycles. The maximum atomic E-state index is 12.7. The molecule has 8 heteroatoms. The van der Waals surface area contributed by atoms with Crippen molar-refractivity contribution in [2.45, 2.75) is 0 Å². The lowest BCUT2D eigenvalue weighted by atomic mass is 10.1. The van der Waals surface area contributed by atoms with E-state index in [1.54, 1.807) is 23.1 Å². The number of urea groups is 1. The Morgan fingerprint density at radius 2 is 1.89 bits per heavy atom. The molecule has 0 saturated heterocycles. The molecule has 27 heavy (non-hydrogen) atoms. The molecule has 1 heterocycles. The molecule has 0 unspecified atom stereocenters. The van der Waals surface area contributed by atoms with Crippen LogP contribution in [0.4, 0.5) is 16.2 Å². The van der Waals surface area contributed by atoms with Crippen LogP contribution in [0.25, 0.3) is 0 Å². The van der Waals surface area contributed by atoms with Crippen molar-refractivity contribution in [1.82, 2.24) is 10.6 Å². The minimum absolute atomic E-state index is 0.231. The largest absolute Gasteiger partial charge is 0.373 e. The van der Waals surface area contributed by atoms with Gasteiger partial charge >= 0.3 is 6.03 Å². The van der Waals surface area contributed by atoms with Gasteiger partial charge in [-0.05, 0) is 42.5 Å². The van der Waals surface area contributed by atoms with Crippen LogP contribution in [0.15, 0.2) is 42.5 Å². The van der Waals surface area contributed by atoms with Crippen LogP contribution < -0.4 is 20.4 Å². The second kappa shape index (κ2) is 8.50. The molecule has 3 amide bonds. The summed E-state index contributed by atoms with van der Waals surface area (Å²) in [5.74, 6) is -0.231. The first kappa shape index (κ1) is 19.3. The first-order valence-electron chi connectivity index (χ1n) is 8.55. The highest BCUT2D eigenvalue weighted by molar-refractivity contribution is 6.31. The SMILES string of the molecule is CN(CCNC(=O)N1CCNC(=O)c2cc(Cl)ccc21)c1ccc(Cl)cc1. The predicted molar refractivity (Wildman–Crippen MR) is 109 cm³/mol. The van der Waals surface area contributed by atoms with Crippen molar-refractivity contribution in [3.8, 4) is 0 Å². The predicted octanol–water partition coefficient (Wildman–Crippen LogP) is 3.39. The fourth-order valence-corrected chi connectivity index (χ4v) is 3.18. The van der Waals surface area contributed by atoms with Gasteiger partial charge in [0.05, 0.1) is 11.3 Å². The number of fused-ring (bicyclic) bond motifs is 1. The van der Waals surface area contributed by atoms with Crippen LogP contribution in [0.1, 0.15) is 10.4 Å². The van der Waals surface area contributed by atoms with E-state index in [0.29, 0.717) is 47.5 Å². The van der Waals surface area contributed by atoms with E-state index in [1.165, 1.54) is 0 Å². The van der Waals surface area contributed by atoms with Gasteiger partial charge in [0.25, 0.3) is 5.91 Å². The molecule has 1 aliphatic heterocycles. The van der Waals surface area contributed by atoms with Crippen LogP contribution >= 0.6 is 23.2 Å². The summed E-state index contributed by atoms with van der Waals surface area (Å²) < 4.78 is 0. The van der Waals surface area contributed by atoms with Crippen molar-refractivity contribution < 1.29 is 9.59 Å². The number of hydrogen-bond donors (Lipinski definition) is 2. The molecule has 3 rings (SSSR count). The molecule has 0 spiro atoms. The van der Waals surface area contributed by atoms with E-state index in [4.69, 9.17) is 23.2 Å². The maximum Gasteiger partial charge on any atom is 0.322 e. The standard InChI is InChI=1S/C19H20Cl2N4O2/c1-24(15-5-2-13(20)3-6-15)10-8-23-19(27)25-11-9-22-18(26)16-12-14(21)4-7-17(16)25/h2-7,12H,8-11H2,1H3,(H,22,26)(H,23,27). The minimum atomic E-state index is -0.250. The number of carbonyl (C=O) groups excluding carboxylic acids is 2. The molecule has 0 saturated carbocycles. The molecule has 0 bridgehead atoms. The first-order chi connectivity index (χ1) is 13.0. The number of hydrogen-bond acceptors (Lipinski definition) is 3. The lowest BCUT2D eigenvalue weighted by molar-refractivity contribution is 0.0958. The number of anilines is 2. The van der Waals surface area contributed by atoms with Crippen LogP contribution in [0, 0.1) is 0 Å². The molecule has 0 aromatic heterocycles. The van der Waals surface area contributed by atoms with Crippen molar-refractivity contribution in [3.05, 3.63) is 58.1 Å². The third kappa shape index (κ3) is 4.64. The lowest BCUT2D eigenvalue weighted by Gasteiger charge is -2.24. The van der Waals surface area contributed by atoms with E-state index < -0.39 is 0 Å². The van der Waals surface area contributed by atoms with Gasteiger partial charge in [-0.3, -0.25) is 9.69 Å². The van der Waals surface area contributed by atoms with Gasteiger partial charge in [-0.1, -0.05) is 23.2 Å². The highest BCUT2D eigenvalue weighted by atomic mass is 35.5. The molecule has 6 nitrogen and oxygen atoms in total. The Balaban J connectivity index is 1.63. The van der Waals surface area contributed by atoms with Crippen LogP contribution in [0.5, 0.6) is 0 Å². The van der Waals surface area contributed by atoms with E-state index in [2.05, 4.69) is 10.6 Å². The van der Waals surface area contributed by atoms with Crippen LogP contribution in [-0.2, 0) is 0 Å². The van der Waals surface area contributed by atoms with Crippen LogP contribution in [-0.4, -0.2) is 45.2 Å². The zero-order valence-electron chi connectivity index (χ0n) is 14.8. The van der Waals surface area contributed by atoms with E-state index in [-0.39, 0.29) is 11.9 Å². The van der Waals surface area contributed by atoms with Crippen molar-refractivity contribution in [2.75, 3.05) is 43.0 Å². The summed E-state index contributed by atoms with van der Waals surface area (Å²) in [5, 5.41) is 6.82. The van der Waals surface area contributed by atoms with E-state index in [9.17, 15) is 9.59 Å². The zero-order chi connectivity index (χ0) is 19.4. The summed E-state index contributed by atoms with van der Waals surface area (Å²) in [6.07, 6.45) is 0. The number of amides is 3. The summed E-state index contributed by atoms with van der Waals surface area (Å²) in [7, 11) is 1.95. The third-order valence-corrected chi connectivity index (χ3v) is 4.84. The molecule has 2 aromatic rings. The highest BCUT2D eigenvalue weighted by Crippen LogP contribution is 2.26. The summed E-state index contributed by atoms with van der Waals surface area (Å²) in [4.78, 5) is 28.4. The van der Waals surface area contributed by atoms with Gasteiger partial charge in [0, 0.05) is 49.0 Å². The average Bonchev–Trinajstić information content (AvgIpc) is 2.81. The van der Waals surface area contributed by atoms with Crippen LogP contribution in [0.3, 0.4) is 0 Å². The molecular weight excluding hydrogens is 387 g/mol. The van der Waals surface area contributed by atoms with Crippen LogP contribution in [0.2, 0.25) is 10.0 Å². The van der Waals surface area contributed by atoms with E-state index >= 15 is 0 Å². The Hall–Kier alpha value is -2.44. The van der Waals surface area contributed by atoms with Gasteiger partial charge < -0.3 is 15.5 Å². The molecular formula is C19H20Cl2N4O2. The summed E-state index contributed by atoms with van der Waals surface area (Å²) in [5.41, 5.74) is 1.96. The zero-order valence-corrected chi connectivity index (χ0v) is 16.3. The number of halogens is 2. The molecule has 2 N–H and O–H groups in total. The van der Waals surface area contributed by atoms with E-state index in [0.717, 1.165) is 5.69 Å². The normalized spacial score (nSPS) is 13.4. The van der Waals surface area contributed by atoms with Crippen molar-refractivity contribution in [3.63, 3.8) is 0 Å². The molecule has 142 valence electrons. The van der Waals surface area contributed by atoms with Gasteiger partial charge in [-0.2, -0.15) is 0 Å². The summed E-state index contributed by atoms with van der Waals surface area (Å²) >= 11 is 11.9. The Kier molecular flexibility index (Phi) is 6.08. The third-order valence-electron chi connectivity index (χ3n) is 4.35. The Morgan fingerprint density at radius 1 is 1.19 bits per heavy atom. The molecule has 2 aromatic carbocycles. The van der Waals surface area contributed by atoms with Crippen molar-refractivity contribution in [2.24, 2.45) is 0 Å². The number of rotatable bonds is 4. The lowest BCUT2D eigenvalue weighted by Crippen LogP contribution is -2.44. The van der Waals surface area contributed by atoms with Crippen molar-refractivity contribution >= 4 is 46.5 Å². The number of carbonyl (C=O) groups is 2. The van der Waals surface area contributed by atoms with E-state index in [1.807, 2.05) is 36.2 Å². The quantitative estimate of drug-likeness (QED) is 0.817. The fourth-order valence-electron chi connectivity index (χ4n) is 2.88. The average molecular weight is 407 g/mol. The van der Waals surface area contributed by atoms with Gasteiger partial charge in [-0.15, -0.1) is 0 Å². The smallest absolute Gasteiger partial charge is 0.322 e. The number of likely N-dealkylation sites (N-methyl/N-ethyl adjacent to an activating group) is 1. The minimum Gasteiger partial charge on any atom is -0.373 e. The topological polar surface area (TPSA) is 64.7 Å². The van der Waals surface area contributed by atoms with Gasteiger partial charge in [-0.25, -0.2) is 4.79 Å². The first-order valence-corrected chi connectivity index (χ1v) is 9.31. The monoisotopic (exact) mass is 406 g/mol. The van der Waals surface area contributed by atoms with Crippen molar-refractivity contribution in [1.29, 1.82) is 0 Å². The number of nitrogens with one attached hydrogen (secondary N) is 2. The van der Waals surface area contributed by atoms with Gasteiger partial charge in [0.15, 0.2) is 0 Å². The molecule has 0 fully saturated rings. The Labute approximate surface area is 168 Å². The number of nitrogens with zero attached hydrogens (tertiary/aromatic N) is 2.